The van der Waals surface area contributed by atoms with Crippen LogP contribution in [0.25, 0.3) is 0 Å². The van der Waals surface area contributed by atoms with Crippen molar-refractivity contribution in [2.75, 3.05) is 48.5 Å². The third kappa shape index (κ3) is 27.2. The van der Waals surface area contributed by atoms with Crippen LogP contribution in [0.1, 0.15) is 139 Å². The van der Waals surface area contributed by atoms with Gasteiger partial charge in [-0.05, 0) is 180 Å². The van der Waals surface area contributed by atoms with Crippen LogP contribution in [0.3, 0.4) is 0 Å². The number of aryl methyl sites for hydroxylation is 2. The smallest absolute Gasteiger partial charge is 0.178 e. The number of alkyl halides is 7. The molecular weight excluding hydrogens is 1690 g/mol. The van der Waals surface area contributed by atoms with Gasteiger partial charge in [0, 0.05) is 36.2 Å². The van der Waals surface area contributed by atoms with E-state index in [0.717, 1.165) is 39.0 Å². The fourth-order valence-electron chi connectivity index (χ4n) is 8.86. The van der Waals surface area contributed by atoms with Crippen molar-refractivity contribution in [2.24, 2.45) is 11.8 Å². The third-order valence-corrected chi connectivity index (χ3v) is 18.4. The van der Waals surface area contributed by atoms with E-state index >= 15 is 0 Å². The Morgan fingerprint density at radius 1 is 0.456 bits per heavy atom. The van der Waals surface area contributed by atoms with Crippen LogP contribution in [0.2, 0.25) is 0 Å². The van der Waals surface area contributed by atoms with E-state index in [0.29, 0.717) is 88.6 Å². The number of carbonyl (C=O) groups excluding carboxylic acids is 4. The van der Waals surface area contributed by atoms with Crippen molar-refractivity contribution < 1.29 is 38.1 Å². The zero-order valence-electron chi connectivity index (χ0n) is 46.0. The lowest BCUT2D eigenvalue weighted by atomic mass is 9.79. The van der Waals surface area contributed by atoms with Gasteiger partial charge in [-0.3, -0.25) is 19.2 Å². The largest absolute Gasteiger partial charge is 0.491 e. The number of ketones is 4. The number of ether oxygens (including phenoxy) is 4. The summed E-state index contributed by atoms with van der Waals surface area (Å²) in [7, 11) is 0. The Morgan fingerprint density at radius 3 is 1.06 bits per heavy atom. The number of hydrogen-bond donors (Lipinski definition) is 0. The molecule has 5 aromatic rings. The van der Waals surface area contributed by atoms with Crippen molar-refractivity contribution in [3.05, 3.63) is 166 Å². The van der Waals surface area contributed by atoms with Gasteiger partial charge in [-0.25, -0.2) is 0 Å². The van der Waals surface area contributed by atoms with Crippen LogP contribution in [0.5, 0.6) is 11.5 Å². The molecule has 0 amide bonds. The summed E-state index contributed by atoms with van der Waals surface area (Å²) in [6.07, 6.45) is 11.1. The van der Waals surface area contributed by atoms with Gasteiger partial charge in [0.1, 0.15) is 36.3 Å². The molecule has 5 aromatic carbocycles. The molecule has 0 saturated heterocycles. The van der Waals surface area contributed by atoms with Gasteiger partial charge in [0.25, 0.3) is 0 Å². The van der Waals surface area contributed by atoms with Crippen molar-refractivity contribution >= 4 is 168 Å². The lowest BCUT2D eigenvalue weighted by Crippen LogP contribution is -2.27. The summed E-state index contributed by atoms with van der Waals surface area (Å²) < 4.78 is 25.6. The van der Waals surface area contributed by atoms with Crippen LogP contribution in [0, 0.1) is 11.8 Å². The van der Waals surface area contributed by atoms with E-state index in [2.05, 4.69) is 218 Å². The molecule has 79 heavy (non-hydrogen) atoms. The molecule has 1 aliphatic rings. The van der Waals surface area contributed by atoms with E-state index in [1.807, 2.05) is 27.7 Å². The van der Waals surface area contributed by atoms with E-state index in [-0.39, 0.29) is 23.4 Å². The lowest BCUT2D eigenvalue weighted by Gasteiger charge is -2.25. The van der Waals surface area contributed by atoms with Crippen LogP contribution in [0.15, 0.2) is 121 Å². The molecule has 1 fully saturated rings. The fraction of sp³-hybridized carbons (Fsp3) is 0.469. The summed E-state index contributed by atoms with van der Waals surface area (Å²) in [5, 5.41) is 0. The topological polar surface area (TPSA) is 105 Å². The molecule has 0 heterocycles. The second kappa shape index (κ2) is 38.8. The highest BCUT2D eigenvalue weighted by molar-refractivity contribution is 14.1. The summed E-state index contributed by atoms with van der Waals surface area (Å²) in [6.45, 7) is 9.89. The molecule has 0 spiro atoms. The lowest BCUT2D eigenvalue weighted by molar-refractivity contribution is -0.125. The average molecular weight is 1770 g/mol. The number of benzene rings is 5. The molecular formula is C64H77Br2I5O8. The predicted octanol–water partition coefficient (Wildman–Crippen LogP) is 18.3. The highest BCUT2D eigenvalue weighted by Crippen LogP contribution is 2.32. The standard InChI is InChI=1S/C28H31I3.C26H32Br2O6.C10H14I2O2/c29-19-24-11-7-22(8-12-24)3-1-5-27(28-17-15-26(21-31)16-18-28)6-2-4-23-9-13-25(20-30)14-10-23;1-25(2,27)23(29)19-5-9-21(10-6-19)33-17-15-31-13-14-32-16-18-34-22-11-7-20(8-12-22)24(30)26(3,4)28;11-5-9(13)7-1-2-8(4-3-7)10(14)6-12/h7-18,27H,1-6,19-21H2;5-12H,13-18H2,1-4H3;7-8H,1-6H2. The average Bonchev–Trinajstić information content (AvgIpc) is 3.47. The second-order valence-electron chi connectivity index (χ2n) is 20.6. The predicted molar refractivity (Wildman–Crippen MR) is 375 cm³/mol. The number of Topliss-reactive ketones (excluding diaryl/α,β-unsaturated/α-hetero) is 4. The molecule has 0 N–H and O–H groups in total. The van der Waals surface area contributed by atoms with E-state index in [4.69, 9.17) is 18.9 Å². The fourth-order valence-corrected chi connectivity index (χ4v) is 12.1. The Hall–Kier alpha value is -1.09. The van der Waals surface area contributed by atoms with Gasteiger partial charge in [0.2, 0.25) is 0 Å². The van der Waals surface area contributed by atoms with Crippen molar-refractivity contribution in [1.29, 1.82) is 0 Å². The molecule has 1 aliphatic carbocycles. The number of rotatable bonds is 31. The van der Waals surface area contributed by atoms with Gasteiger partial charge in [0.15, 0.2) is 11.6 Å². The molecule has 430 valence electrons. The molecule has 0 aromatic heterocycles. The van der Waals surface area contributed by atoms with Gasteiger partial charge in [-0.15, -0.1) is 0 Å². The first-order valence-electron chi connectivity index (χ1n) is 27.1. The Labute approximate surface area is 556 Å². The summed E-state index contributed by atoms with van der Waals surface area (Å²) in [5.74, 6) is 3.30. The van der Waals surface area contributed by atoms with E-state index < -0.39 is 8.65 Å². The molecule has 15 heteroatoms. The molecule has 8 nitrogen and oxygen atoms in total. The number of hydrogen-bond acceptors (Lipinski definition) is 8. The van der Waals surface area contributed by atoms with Gasteiger partial charge >= 0.3 is 0 Å². The van der Waals surface area contributed by atoms with Crippen LogP contribution < -0.4 is 9.47 Å². The number of carbonyl (C=O) groups is 4. The zero-order valence-corrected chi connectivity index (χ0v) is 60.0. The molecule has 1 saturated carbocycles. The first-order valence-corrected chi connectivity index (χ1v) is 36.3. The molecule has 0 bridgehead atoms. The Morgan fingerprint density at radius 2 is 0.759 bits per heavy atom. The quantitative estimate of drug-likeness (QED) is 0.0187. The Bertz CT molecular complexity index is 2390. The first-order chi connectivity index (χ1) is 37.9. The third-order valence-electron chi connectivity index (χ3n) is 13.6. The Kier molecular flexibility index (Phi) is 34.6. The van der Waals surface area contributed by atoms with Gasteiger partial charge < -0.3 is 18.9 Å². The minimum atomic E-state index is -0.588. The molecule has 0 atom stereocenters. The molecule has 0 radical (unpaired) electrons. The van der Waals surface area contributed by atoms with Crippen LogP contribution in [-0.2, 0) is 45.2 Å². The summed E-state index contributed by atoms with van der Waals surface area (Å²) in [4.78, 5) is 47.2. The minimum absolute atomic E-state index is 0.0246. The van der Waals surface area contributed by atoms with Crippen molar-refractivity contribution in [2.45, 2.75) is 120 Å². The van der Waals surface area contributed by atoms with E-state index in [1.165, 1.54) is 71.9 Å². The summed E-state index contributed by atoms with van der Waals surface area (Å²) in [6, 6.07) is 42.0. The normalized spacial score (nSPS) is 14.3. The zero-order chi connectivity index (χ0) is 57.6. The van der Waals surface area contributed by atoms with E-state index in [9.17, 15) is 19.2 Å². The van der Waals surface area contributed by atoms with Crippen molar-refractivity contribution in [3.63, 3.8) is 0 Å². The maximum atomic E-state index is 12.2. The van der Waals surface area contributed by atoms with Crippen LogP contribution in [-0.4, -0.2) is 80.3 Å². The van der Waals surface area contributed by atoms with Gasteiger partial charge in [-0.2, -0.15) is 0 Å². The minimum Gasteiger partial charge on any atom is -0.491 e. The molecule has 6 rings (SSSR count). The SMILES string of the molecule is CC(C)(Br)C(=O)c1ccc(OCCOCCOCCOc2ccc(C(=O)C(C)(C)Br)cc2)cc1.ICc1ccc(CCCC(CCCc2ccc(CI)cc2)c2ccc(CI)cc2)cc1.O=C(CI)C1CCC(C(=O)CI)CC1. The maximum Gasteiger partial charge on any atom is 0.178 e. The van der Waals surface area contributed by atoms with Crippen molar-refractivity contribution in [3.8, 4) is 11.5 Å². The summed E-state index contributed by atoms with van der Waals surface area (Å²) >= 11 is 18.3. The van der Waals surface area contributed by atoms with E-state index in [1.54, 1.807) is 48.5 Å². The molecule has 0 unspecified atom stereocenters. The van der Waals surface area contributed by atoms with Gasteiger partial charge in [-0.1, -0.05) is 218 Å². The van der Waals surface area contributed by atoms with Gasteiger partial charge in [0.05, 0.1) is 43.9 Å². The molecule has 0 aliphatic heterocycles. The summed E-state index contributed by atoms with van der Waals surface area (Å²) in [5.41, 5.74) is 10.0. The van der Waals surface area contributed by atoms with Crippen LogP contribution in [0.4, 0.5) is 0 Å². The highest BCUT2D eigenvalue weighted by Gasteiger charge is 2.29. The van der Waals surface area contributed by atoms with Crippen LogP contribution >= 0.6 is 145 Å². The first kappa shape index (κ1) is 70.4. The Balaban J connectivity index is 0.000000276. The second-order valence-corrected chi connectivity index (χ2v) is 28.4. The van der Waals surface area contributed by atoms with Crippen molar-refractivity contribution in [1.82, 2.24) is 0 Å². The highest BCUT2D eigenvalue weighted by atomic mass is 127. The number of halogens is 7. The maximum absolute atomic E-state index is 12.2. The monoisotopic (exact) mass is 1770 g/mol.